The zero-order chi connectivity index (χ0) is 16.4. The van der Waals surface area contributed by atoms with E-state index in [1.807, 2.05) is 0 Å². The summed E-state index contributed by atoms with van der Waals surface area (Å²) in [5.74, 6) is 0. The summed E-state index contributed by atoms with van der Waals surface area (Å²) in [5, 5.41) is 6.06. The van der Waals surface area contributed by atoms with Crippen molar-refractivity contribution < 1.29 is 0 Å². The summed E-state index contributed by atoms with van der Waals surface area (Å²) in [6, 6.07) is 17.5. The molecule has 3 aromatic carbocycles. The lowest BCUT2D eigenvalue weighted by Gasteiger charge is -2.03. The van der Waals surface area contributed by atoms with Gasteiger partial charge in [-0.3, -0.25) is 0 Å². The molecule has 3 aromatic rings. The fourth-order valence-corrected chi connectivity index (χ4v) is 3.51. The predicted molar refractivity (Wildman–Crippen MR) is 107 cm³/mol. The Morgan fingerprint density at radius 3 is 2.21 bits per heavy atom. The van der Waals surface area contributed by atoms with Gasteiger partial charge in [0.1, 0.15) is 0 Å². The molecule has 0 aromatic heterocycles. The summed E-state index contributed by atoms with van der Waals surface area (Å²) in [6.45, 7) is 10.8. The maximum Gasteiger partial charge on any atom is 0.0214 e. The van der Waals surface area contributed by atoms with Crippen molar-refractivity contribution in [2.75, 3.05) is 0 Å². The highest BCUT2D eigenvalue weighted by Crippen LogP contribution is 2.21. The van der Waals surface area contributed by atoms with Crippen LogP contribution >= 0.6 is 0 Å². The molecule has 0 unspecified atom stereocenters. The molecular formula is C23H29N. The smallest absolute Gasteiger partial charge is 0.0214 e. The van der Waals surface area contributed by atoms with Gasteiger partial charge >= 0.3 is 0 Å². The molecule has 0 atom stereocenters. The highest BCUT2D eigenvalue weighted by molar-refractivity contribution is 5.86. The van der Waals surface area contributed by atoms with Crippen molar-refractivity contribution in [2.45, 2.75) is 48.2 Å². The Hall–Kier alpha value is -2.12. The number of aryl methyl sites for hydroxylation is 4. The quantitative estimate of drug-likeness (QED) is 0.536. The van der Waals surface area contributed by atoms with Crippen LogP contribution in [0.2, 0.25) is 0 Å². The molecule has 0 amide bonds. The number of hydrogen-bond acceptors (Lipinski definition) is 1. The van der Waals surface area contributed by atoms with Crippen LogP contribution in [0.15, 0.2) is 48.5 Å². The first kappa shape index (κ1) is 18.2. The van der Waals surface area contributed by atoms with Crippen LogP contribution in [0.1, 0.15) is 40.8 Å². The number of hydrogen-bond donors (Lipinski definition) is 1. The monoisotopic (exact) mass is 319 g/mol. The number of rotatable bonds is 0. The van der Waals surface area contributed by atoms with Gasteiger partial charge in [0.2, 0.25) is 0 Å². The van der Waals surface area contributed by atoms with E-state index < -0.39 is 0 Å². The van der Waals surface area contributed by atoms with E-state index in [-0.39, 0.29) is 7.43 Å². The van der Waals surface area contributed by atoms with Crippen LogP contribution in [-0.4, -0.2) is 0 Å². The first-order valence-corrected chi connectivity index (χ1v) is 8.30. The molecule has 1 aliphatic heterocycles. The van der Waals surface area contributed by atoms with Gasteiger partial charge in [-0.2, -0.15) is 0 Å². The second kappa shape index (κ2) is 7.63. The second-order valence-corrected chi connectivity index (χ2v) is 6.63. The fourth-order valence-electron chi connectivity index (χ4n) is 3.51. The van der Waals surface area contributed by atoms with E-state index in [2.05, 4.69) is 81.5 Å². The minimum Gasteiger partial charge on any atom is -0.309 e. The van der Waals surface area contributed by atoms with Crippen LogP contribution in [0, 0.1) is 27.7 Å². The molecule has 0 saturated heterocycles. The van der Waals surface area contributed by atoms with Gasteiger partial charge in [-0.1, -0.05) is 67.1 Å². The molecule has 126 valence electrons. The predicted octanol–water partition coefficient (Wildman–Crippen LogP) is 6.00. The van der Waals surface area contributed by atoms with Gasteiger partial charge in [-0.05, 0) is 60.7 Å². The van der Waals surface area contributed by atoms with Crippen molar-refractivity contribution in [3.05, 3.63) is 81.9 Å². The van der Waals surface area contributed by atoms with Gasteiger partial charge in [-0.15, -0.1) is 0 Å². The Morgan fingerprint density at radius 2 is 1.42 bits per heavy atom. The van der Waals surface area contributed by atoms with Gasteiger partial charge in [0.25, 0.3) is 0 Å². The first-order chi connectivity index (χ1) is 11.0. The zero-order valence-electron chi connectivity index (χ0n) is 14.5. The standard InChI is InChI=1S/C12H12.C10H13N.CH4/c1-9-7-10(2)12-6-4-3-5-11(12)8-9;1-7-3-8(2)10-6-11-5-9(10)4-7;/h3-8H,1-2H3;3-4,11H,5-6H2,1-2H3;1H4. The SMILES string of the molecule is C.Cc1cc(C)c2c(c1)CNC2.Cc1cc(C)c2ccccc2c1. The Bertz CT molecular complexity index is 846. The highest BCUT2D eigenvalue weighted by Gasteiger charge is 2.11. The third kappa shape index (κ3) is 3.85. The largest absolute Gasteiger partial charge is 0.309 e. The third-order valence-electron chi connectivity index (χ3n) is 4.54. The van der Waals surface area contributed by atoms with Crippen LogP contribution in [-0.2, 0) is 13.1 Å². The summed E-state index contributed by atoms with van der Waals surface area (Å²) in [5.41, 5.74) is 8.52. The fraction of sp³-hybridized carbons (Fsp3) is 0.304. The molecule has 4 rings (SSSR count). The molecule has 1 N–H and O–H groups in total. The van der Waals surface area contributed by atoms with E-state index in [4.69, 9.17) is 0 Å². The summed E-state index contributed by atoms with van der Waals surface area (Å²) in [7, 11) is 0. The lowest BCUT2D eigenvalue weighted by molar-refractivity contribution is 0.763. The molecule has 1 heterocycles. The van der Waals surface area contributed by atoms with Crippen molar-refractivity contribution in [3.8, 4) is 0 Å². The molecule has 1 heteroatoms. The van der Waals surface area contributed by atoms with E-state index >= 15 is 0 Å². The van der Waals surface area contributed by atoms with Crippen LogP contribution in [0.25, 0.3) is 10.8 Å². The third-order valence-corrected chi connectivity index (χ3v) is 4.54. The Morgan fingerprint density at radius 1 is 0.750 bits per heavy atom. The maximum absolute atomic E-state index is 3.36. The molecule has 0 aliphatic carbocycles. The van der Waals surface area contributed by atoms with Crippen molar-refractivity contribution in [1.82, 2.24) is 5.32 Å². The highest BCUT2D eigenvalue weighted by atomic mass is 14.9. The number of nitrogens with one attached hydrogen (secondary N) is 1. The molecule has 0 saturated carbocycles. The normalized spacial score (nSPS) is 12.2. The Kier molecular flexibility index (Phi) is 5.80. The van der Waals surface area contributed by atoms with Crippen LogP contribution in [0.5, 0.6) is 0 Å². The summed E-state index contributed by atoms with van der Waals surface area (Å²) in [4.78, 5) is 0. The maximum atomic E-state index is 3.36. The van der Waals surface area contributed by atoms with Crippen molar-refractivity contribution >= 4 is 10.8 Å². The lowest BCUT2D eigenvalue weighted by Crippen LogP contribution is -2.00. The molecule has 1 aliphatic rings. The van der Waals surface area contributed by atoms with Crippen LogP contribution < -0.4 is 5.32 Å². The Balaban J connectivity index is 0.000000167. The molecule has 0 radical (unpaired) electrons. The lowest BCUT2D eigenvalue weighted by atomic mass is 10.0. The molecule has 1 nitrogen and oxygen atoms in total. The van der Waals surface area contributed by atoms with Gasteiger partial charge in [0.05, 0.1) is 0 Å². The topological polar surface area (TPSA) is 12.0 Å². The van der Waals surface area contributed by atoms with Crippen LogP contribution in [0.3, 0.4) is 0 Å². The van der Waals surface area contributed by atoms with Crippen molar-refractivity contribution in [3.63, 3.8) is 0 Å². The minimum absolute atomic E-state index is 0. The van der Waals surface area contributed by atoms with Gasteiger partial charge < -0.3 is 5.32 Å². The summed E-state index contributed by atoms with van der Waals surface area (Å²) in [6.07, 6.45) is 0. The summed E-state index contributed by atoms with van der Waals surface area (Å²) < 4.78 is 0. The van der Waals surface area contributed by atoms with Crippen molar-refractivity contribution in [2.24, 2.45) is 0 Å². The first-order valence-electron chi connectivity index (χ1n) is 8.30. The van der Waals surface area contributed by atoms with Gasteiger partial charge in [-0.25, -0.2) is 0 Å². The van der Waals surface area contributed by atoms with E-state index in [0.29, 0.717) is 0 Å². The minimum atomic E-state index is 0. The Labute approximate surface area is 146 Å². The van der Waals surface area contributed by atoms with Gasteiger partial charge in [0.15, 0.2) is 0 Å². The average Bonchev–Trinajstić information content (AvgIpc) is 2.96. The molecule has 0 fully saturated rings. The van der Waals surface area contributed by atoms with Crippen LogP contribution in [0.4, 0.5) is 0 Å². The average molecular weight is 319 g/mol. The molecule has 24 heavy (non-hydrogen) atoms. The summed E-state index contributed by atoms with van der Waals surface area (Å²) >= 11 is 0. The van der Waals surface area contributed by atoms with E-state index in [1.165, 1.54) is 44.2 Å². The number of benzene rings is 3. The van der Waals surface area contributed by atoms with Crippen molar-refractivity contribution in [1.29, 1.82) is 0 Å². The molecular weight excluding hydrogens is 290 g/mol. The number of fused-ring (bicyclic) bond motifs is 2. The van der Waals surface area contributed by atoms with E-state index in [9.17, 15) is 0 Å². The van der Waals surface area contributed by atoms with E-state index in [1.54, 1.807) is 0 Å². The zero-order valence-corrected chi connectivity index (χ0v) is 14.5. The second-order valence-electron chi connectivity index (χ2n) is 6.63. The van der Waals surface area contributed by atoms with E-state index in [0.717, 1.165) is 13.1 Å². The van der Waals surface area contributed by atoms with Gasteiger partial charge in [0, 0.05) is 13.1 Å². The molecule has 0 bridgehead atoms. The molecule has 0 spiro atoms.